The number of nitrogens with one attached hydrogen (secondary N) is 1. The number of hydrogen-bond donors (Lipinski definition) is 1. The summed E-state index contributed by atoms with van der Waals surface area (Å²) in [5, 5.41) is 12.6. The lowest BCUT2D eigenvalue weighted by Crippen LogP contribution is -2.54. The van der Waals surface area contributed by atoms with E-state index in [1.165, 1.54) is 0 Å². The van der Waals surface area contributed by atoms with Gasteiger partial charge in [-0.2, -0.15) is 0 Å². The summed E-state index contributed by atoms with van der Waals surface area (Å²) >= 11 is 12.8. The molecule has 1 fully saturated rings. The van der Waals surface area contributed by atoms with E-state index in [9.17, 15) is 4.79 Å². The number of ether oxygens (including phenoxy) is 1. The van der Waals surface area contributed by atoms with Crippen molar-refractivity contribution in [1.29, 1.82) is 0 Å². The Labute approximate surface area is 204 Å². The van der Waals surface area contributed by atoms with Gasteiger partial charge in [0.1, 0.15) is 17.7 Å². The molecule has 1 aliphatic heterocycles. The summed E-state index contributed by atoms with van der Waals surface area (Å²) in [5.74, 6) is 1.01. The molecule has 1 N–H and O–H groups in total. The summed E-state index contributed by atoms with van der Waals surface area (Å²) in [6.07, 6.45) is 2.92. The summed E-state index contributed by atoms with van der Waals surface area (Å²) in [7, 11) is 0. The van der Waals surface area contributed by atoms with Gasteiger partial charge in [-0.15, -0.1) is 10.2 Å². The highest BCUT2D eigenvalue weighted by molar-refractivity contribution is 6.43. The third-order valence-corrected chi connectivity index (χ3v) is 6.79. The minimum atomic E-state index is -0.522. The van der Waals surface area contributed by atoms with Crippen LogP contribution >= 0.6 is 23.2 Å². The van der Waals surface area contributed by atoms with Crippen LogP contribution in [0.15, 0.2) is 30.6 Å². The Morgan fingerprint density at radius 1 is 1.21 bits per heavy atom. The average molecular weight is 490 g/mol. The molecule has 9 heteroatoms. The van der Waals surface area contributed by atoms with E-state index in [1.54, 1.807) is 12.4 Å². The topological polar surface area (TPSA) is 71.8 Å². The first-order valence-corrected chi connectivity index (χ1v) is 11.8. The van der Waals surface area contributed by atoms with E-state index in [0.717, 1.165) is 54.1 Å². The number of carbonyl (C=O) groups excluding carboxylic acids is 1. The normalized spacial score (nSPS) is 16.2. The van der Waals surface area contributed by atoms with Crippen LogP contribution in [0.4, 0.5) is 10.6 Å². The van der Waals surface area contributed by atoms with Crippen LogP contribution in [-0.2, 0) is 4.74 Å². The molecule has 0 unspecified atom stereocenters. The molecule has 4 rings (SSSR count). The zero-order chi connectivity index (χ0) is 24.0. The fourth-order valence-corrected chi connectivity index (χ4v) is 4.66. The molecule has 0 radical (unpaired) electrons. The van der Waals surface area contributed by atoms with Gasteiger partial charge in [0.05, 0.1) is 10.0 Å². The Kier molecular flexibility index (Phi) is 6.22. The largest absolute Gasteiger partial charge is 0.444 e. The van der Waals surface area contributed by atoms with Gasteiger partial charge in [-0.05, 0) is 65.2 Å². The first kappa shape index (κ1) is 23.6. The van der Waals surface area contributed by atoms with Crippen molar-refractivity contribution in [2.45, 2.75) is 58.6 Å². The predicted molar refractivity (Wildman–Crippen MR) is 132 cm³/mol. The second-order valence-electron chi connectivity index (χ2n) is 9.86. The highest BCUT2D eigenvalue weighted by Gasteiger charge is 2.34. The molecular formula is C24H29Cl2N5O2. The molecule has 0 bridgehead atoms. The van der Waals surface area contributed by atoms with E-state index < -0.39 is 5.60 Å². The van der Waals surface area contributed by atoms with E-state index in [1.807, 2.05) is 44.2 Å². The molecule has 0 atom stereocenters. The Morgan fingerprint density at radius 3 is 2.58 bits per heavy atom. The number of anilines is 1. The van der Waals surface area contributed by atoms with Crippen LogP contribution in [0.1, 0.15) is 46.1 Å². The lowest BCUT2D eigenvalue weighted by molar-refractivity contribution is 0.0448. The SMILES string of the molecule is Cc1cc(N2CCC(C)(NC(=O)OC(C)(C)C)CC2)n2cnnc2c1-c1cccc(Cl)c1Cl. The van der Waals surface area contributed by atoms with Gasteiger partial charge in [0.15, 0.2) is 5.65 Å². The van der Waals surface area contributed by atoms with Crippen LogP contribution in [0.2, 0.25) is 10.0 Å². The van der Waals surface area contributed by atoms with Crippen LogP contribution in [-0.4, -0.2) is 44.9 Å². The van der Waals surface area contributed by atoms with Crippen molar-refractivity contribution in [2.24, 2.45) is 0 Å². The van der Waals surface area contributed by atoms with Crippen LogP contribution in [0.25, 0.3) is 16.8 Å². The number of carbonyl (C=O) groups is 1. The smallest absolute Gasteiger partial charge is 0.408 e. The fourth-order valence-electron chi connectivity index (χ4n) is 4.26. The lowest BCUT2D eigenvalue weighted by Gasteiger charge is -2.41. The number of nitrogens with zero attached hydrogens (tertiary/aromatic N) is 4. The summed E-state index contributed by atoms with van der Waals surface area (Å²) in [6, 6.07) is 7.73. The minimum absolute atomic E-state index is 0.325. The molecule has 1 saturated heterocycles. The zero-order valence-electron chi connectivity index (χ0n) is 19.6. The molecule has 0 spiro atoms. The second-order valence-corrected chi connectivity index (χ2v) is 10.6. The minimum Gasteiger partial charge on any atom is -0.444 e. The molecule has 0 aliphatic carbocycles. The molecule has 1 aromatic carbocycles. The maximum atomic E-state index is 12.3. The first-order chi connectivity index (χ1) is 15.5. The lowest BCUT2D eigenvalue weighted by atomic mass is 9.89. The van der Waals surface area contributed by atoms with E-state index in [2.05, 4.69) is 33.4 Å². The Bertz CT molecular complexity index is 1190. The Hall–Kier alpha value is -2.51. The number of aryl methyl sites for hydroxylation is 1. The van der Waals surface area contributed by atoms with E-state index in [4.69, 9.17) is 27.9 Å². The van der Waals surface area contributed by atoms with Gasteiger partial charge in [0.25, 0.3) is 0 Å². The molecule has 2 aromatic heterocycles. The Morgan fingerprint density at radius 2 is 1.91 bits per heavy atom. The van der Waals surface area contributed by atoms with Gasteiger partial charge in [-0.25, -0.2) is 4.79 Å². The number of amides is 1. The van der Waals surface area contributed by atoms with Crippen molar-refractivity contribution < 1.29 is 9.53 Å². The maximum Gasteiger partial charge on any atom is 0.408 e. The number of hydrogen-bond acceptors (Lipinski definition) is 5. The van der Waals surface area contributed by atoms with Gasteiger partial charge in [0.2, 0.25) is 0 Å². The van der Waals surface area contributed by atoms with Gasteiger partial charge in [0, 0.05) is 29.8 Å². The van der Waals surface area contributed by atoms with Crippen molar-refractivity contribution in [1.82, 2.24) is 19.9 Å². The van der Waals surface area contributed by atoms with Gasteiger partial charge in [-0.1, -0.05) is 35.3 Å². The summed E-state index contributed by atoms with van der Waals surface area (Å²) < 4.78 is 7.44. The van der Waals surface area contributed by atoms with Crippen LogP contribution in [0, 0.1) is 6.92 Å². The summed E-state index contributed by atoms with van der Waals surface area (Å²) in [6.45, 7) is 11.3. The molecule has 33 heavy (non-hydrogen) atoms. The highest BCUT2D eigenvalue weighted by atomic mass is 35.5. The number of halogens is 2. The fraction of sp³-hybridized carbons (Fsp3) is 0.458. The number of pyridine rings is 1. The van der Waals surface area contributed by atoms with Gasteiger partial charge >= 0.3 is 6.09 Å². The molecule has 3 heterocycles. The maximum absolute atomic E-state index is 12.3. The molecule has 176 valence electrons. The number of fused-ring (bicyclic) bond motifs is 1. The summed E-state index contributed by atoms with van der Waals surface area (Å²) in [4.78, 5) is 14.6. The number of aromatic nitrogens is 3. The Balaban J connectivity index is 1.59. The van der Waals surface area contributed by atoms with E-state index in [0.29, 0.717) is 10.0 Å². The summed E-state index contributed by atoms with van der Waals surface area (Å²) in [5.41, 5.74) is 2.67. The standard InChI is InChI=1S/C24H29Cl2N5O2/c1-15-13-18(30-11-9-24(5,10-12-30)28-22(32)33-23(2,3)4)31-14-27-29-21(31)19(15)16-7-6-8-17(25)20(16)26/h6-8,13-14H,9-12H2,1-5H3,(H,28,32). The number of rotatable bonds is 3. The number of alkyl carbamates (subject to hydrolysis) is 1. The molecule has 0 saturated carbocycles. The van der Waals surface area contributed by atoms with Gasteiger partial charge in [-0.3, -0.25) is 4.40 Å². The molecule has 7 nitrogen and oxygen atoms in total. The van der Waals surface area contributed by atoms with Crippen LogP contribution in [0.3, 0.4) is 0 Å². The van der Waals surface area contributed by atoms with Crippen LogP contribution < -0.4 is 10.2 Å². The van der Waals surface area contributed by atoms with Crippen molar-refractivity contribution >= 4 is 40.8 Å². The van der Waals surface area contributed by atoms with E-state index in [-0.39, 0.29) is 11.6 Å². The molecule has 3 aromatic rings. The first-order valence-electron chi connectivity index (χ1n) is 11.0. The second kappa shape index (κ2) is 8.69. The van der Waals surface area contributed by atoms with Crippen molar-refractivity contribution in [3.8, 4) is 11.1 Å². The third-order valence-electron chi connectivity index (χ3n) is 5.97. The molecule has 1 aliphatic rings. The molecular weight excluding hydrogens is 461 g/mol. The average Bonchev–Trinajstić information content (AvgIpc) is 3.18. The molecule has 1 amide bonds. The number of piperidine rings is 1. The van der Waals surface area contributed by atoms with Crippen molar-refractivity contribution in [3.05, 3.63) is 46.2 Å². The van der Waals surface area contributed by atoms with Crippen molar-refractivity contribution in [2.75, 3.05) is 18.0 Å². The third kappa shape index (κ3) is 4.89. The van der Waals surface area contributed by atoms with Crippen LogP contribution in [0.5, 0.6) is 0 Å². The highest BCUT2D eigenvalue weighted by Crippen LogP contribution is 2.39. The van der Waals surface area contributed by atoms with E-state index >= 15 is 0 Å². The van der Waals surface area contributed by atoms with Gasteiger partial charge < -0.3 is 15.0 Å². The van der Waals surface area contributed by atoms with Crippen molar-refractivity contribution in [3.63, 3.8) is 0 Å². The quantitative estimate of drug-likeness (QED) is 0.495. The zero-order valence-corrected chi connectivity index (χ0v) is 21.1. The monoisotopic (exact) mass is 489 g/mol. The number of benzene rings is 1. The predicted octanol–water partition coefficient (Wildman–Crippen LogP) is 5.90.